The van der Waals surface area contributed by atoms with Gasteiger partial charge in [0.05, 0.1) is 5.52 Å². The molecule has 0 saturated heterocycles. The number of halogens is 2. The van der Waals surface area contributed by atoms with E-state index < -0.39 is 11.6 Å². The molecule has 3 aromatic rings. The van der Waals surface area contributed by atoms with Gasteiger partial charge in [0, 0.05) is 42.4 Å². The molecule has 2 aromatic carbocycles. The molecule has 28 heavy (non-hydrogen) atoms. The van der Waals surface area contributed by atoms with E-state index in [4.69, 9.17) is 0 Å². The second-order valence-electron chi connectivity index (χ2n) is 7.03. The van der Waals surface area contributed by atoms with Gasteiger partial charge in [0.2, 0.25) is 0 Å². The van der Waals surface area contributed by atoms with Crippen LogP contribution in [-0.2, 0) is 6.54 Å². The summed E-state index contributed by atoms with van der Waals surface area (Å²) in [6, 6.07) is 10.1. The Morgan fingerprint density at radius 3 is 2.39 bits per heavy atom. The van der Waals surface area contributed by atoms with Gasteiger partial charge in [0.25, 0.3) is 11.5 Å². The van der Waals surface area contributed by atoms with Gasteiger partial charge in [-0.25, -0.2) is 8.78 Å². The predicted octanol–water partition coefficient (Wildman–Crippen LogP) is 4.70. The number of hydrogen-bond acceptors (Lipinski definition) is 2. The molecule has 0 aliphatic rings. The number of pyridine rings is 1. The quantitative estimate of drug-likeness (QED) is 0.654. The van der Waals surface area contributed by atoms with Crippen molar-refractivity contribution in [2.45, 2.75) is 33.2 Å². The molecule has 146 valence electrons. The van der Waals surface area contributed by atoms with Gasteiger partial charge in [-0.15, -0.1) is 0 Å². The van der Waals surface area contributed by atoms with E-state index in [1.807, 2.05) is 20.8 Å². The van der Waals surface area contributed by atoms with Crippen LogP contribution in [-0.4, -0.2) is 17.5 Å². The van der Waals surface area contributed by atoms with E-state index in [1.54, 1.807) is 28.8 Å². The Kier molecular flexibility index (Phi) is 5.31. The number of hydrogen-bond donors (Lipinski definition) is 0. The monoisotopic (exact) mass is 384 g/mol. The molecular weight excluding hydrogens is 362 g/mol. The molecule has 0 aliphatic heterocycles. The van der Waals surface area contributed by atoms with E-state index >= 15 is 0 Å². The lowest BCUT2D eigenvalue weighted by atomic mass is 9.97. The number of fused-ring (bicyclic) bond motifs is 1. The summed E-state index contributed by atoms with van der Waals surface area (Å²) in [6.07, 6.45) is 0. The summed E-state index contributed by atoms with van der Waals surface area (Å²) in [5, 5.41) is 0.834. The topological polar surface area (TPSA) is 42.3 Å². The average Bonchev–Trinajstić information content (AvgIpc) is 2.67. The summed E-state index contributed by atoms with van der Waals surface area (Å²) in [4.78, 5) is 26.6. The lowest BCUT2D eigenvalue weighted by Crippen LogP contribution is -2.26. The third-order valence-electron chi connectivity index (χ3n) is 4.92. The van der Waals surface area contributed by atoms with Crippen LogP contribution in [0.1, 0.15) is 42.6 Å². The van der Waals surface area contributed by atoms with Gasteiger partial charge >= 0.3 is 0 Å². The van der Waals surface area contributed by atoms with Gasteiger partial charge in [-0.1, -0.05) is 13.8 Å². The molecule has 1 heterocycles. The Balaban J connectivity index is 2.11. The van der Waals surface area contributed by atoms with E-state index in [-0.39, 0.29) is 23.1 Å². The number of rotatable bonds is 4. The normalized spacial score (nSPS) is 11.2. The van der Waals surface area contributed by atoms with Gasteiger partial charge in [-0.05, 0) is 48.7 Å². The fourth-order valence-electron chi connectivity index (χ4n) is 3.35. The molecule has 0 fully saturated rings. The summed E-state index contributed by atoms with van der Waals surface area (Å²) in [5.74, 6) is -2.22. The third-order valence-corrected chi connectivity index (χ3v) is 4.92. The van der Waals surface area contributed by atoms with Crippen molar-refractivity contribution in [3.8, 4) is 0 Å². The fourth-order valence-corrected chi connectivity index (χ4v) is 3.35. The first kappa shape index (κ1) is 19.7. The molecule has 1 aromatic heterocycles. The summed E-state index contributed by atoms with van der Waals surface area (Å²) in [6.45, 7) is 6.40. The third kappa shape index (κ3) is 3.42. The van der Waals surface area contributed by atoms with E-state index in [9.17, 15) is 18.4 Å². The standard InChI is InChI=1S/C22H22F2N2O2/c1-5-26-20-9-6-14(10-17(20)16(13(2)3)12-21(26)27)22(28)25(4)15-7-8-18(23)19(24)11-15/h6-13H,5H2,1-4H3. The van der Waals surface area contributed by atoms with Gasteiger partial charge in [-0.2, -0.15) is 0 Å². The van der Waals surface area contributed by atoms with Crippen LogP contribution >= 0.6 is 0 Å². The molecule has 0 aliphatic carbocycles. The largest absolute Gasteiger partial charge is 0.311 e. The second kappa shape index (κ2) is 7.54. The highest BCUT2D eigenvalue weighted by Crippen LogP contribution is 2.26. The zero-order chi connectivity index (χ0) is 20.6. The number of aryl methyl sites for hydroxylation is 1. The van der Waals surface area contributed by atoms with Crippen molar-refractivity contribution in [2.24, 2.45) is 0 Å². The predicted molar refractivity (Wildman–Crippen MR) is 107 cm³/mol. The van der Waals surface area contributed by atoms with Crippen molar-refractivity contribution < 1.29 is 13.6 Å². The number of carbonyl (C=O) groups is 1. The summed E-state index contributed by atoms with van der Waals surface area (Å²) >= 11 is 0. The van der Waals surface area contributed by atoms with Gasteiger partial charge < -0.3 is 9.47 Å². The number of aromatic nitrogens is 1. The van der Waals surface area contributed by atoms with Gasteiger partial charge in [0.1, 0.15) is 0 Å². The lowest BCUT2D eigenvalue weighted by Gasteiger charge is -2.19. The van der Waals surface area contributed by atoms with Crippen LogP contribution in [0.4, 0.5) is 14.5 Å². The Labute approximate surface area is 162 Å². The van der Waals surface area contributed by atoms with Crippen molar-refractivity contribution in [1.82, 2.24) is 4.57 Å². The maximum absolute atomic E-state index is 13.5. The maximum atomic E-state index is 13.5. The van der Waals surface area contributed by atoms with Crippen molar-refractivity contribution in [3.05, 3.63) is 75.6 Å². The average molecular weight is 384 g/mol. The molecular formula is C22H22F2N2O2. The van der Waals surface area contributed by atoms with Crippen molar-refractivity contribution in [2.75, 3.05) is 11.9 Å². The number of benzene rings is 2. The molecule has 4 nitrogen and oxygen atoms in total. The van der Waals surface area contributed by atoms with E-state index in [0.717, 1.165) is 28.6 Å². The smallest absolute Gasteiger partial charge is 0.258 e. The number of anilines is 1. The fraction of sp³-hybridized carbons (Fsp3) is 0.273. The Hall–Kier alpha value is -3.02. The second-order valence-corrected chi connectivity index (χ2v) is 7.03. The highest BCUT2D eigenvalue weighted by atomic mass is 19.2. The first-order valence-electron chi connectivity index (χ1n) is 9.15. The molecule has 0 atom stereocenters. The highest BCUT2D eigenvalue weighted by molar-refractivity contribution is 6.07. The van der Waals surface area contributed by atoms with Crippen LogP contribution in [0, 0.1) is 11.6 Å². The molecule has 3 rings (SSSR count). The zero-order valence-corrected chi connectivity index (χ0v) is 16.3. The Morgan fingerprint density at radius 2 is 1.79 bits per heavy atom. The molecule has 6 heteroatoms. The van der Waals surface area contributed by atoms with Crippen LogP contribution in [0.3, 0.4) is 0 Å². The Bertz CT molecular complexity index is 1120. The van der Waals surface area contributed by atoms with E-state index in [0.29, 0.717) is 12.1 Å². The van der Waals surface area contributed by atoms with E-state index in [1.165, 1.54) is 18.0 Å². The molecule has 1 amide bonds. The molecule has 0 spiro atoms. The number of carbonyl (C=O) groups excluding carboxylic acids is 1. The molecule has 0 unspecified atom stereocenters. The van der Waals surface area contributed by atoms with Crippen molar-refractivity contribution >= 4 is 22.5 Å². The summed E-state index contributed by atoms with van der Waals surface area (Å²) in [7, 11) is 1.51. The Morgan fingerprint density at radius 1 is 1.07 bits per heavy atom. The van der Waals surface area contributed by atoms with Gasteiger partial charge in [-0.3, -0.25) is 9.59 Å². The minimum Gasteiger partial charge on any atom is -0.311 e. The minimum absolute atomic E-state index is 0.0725. The van der Waals surface area contributed by atoms with Crippen LogP contribution in [0.15, 0.2) is 47.3 Å². The number of amides is 1. The first-order chi connectivity index (χ1) is 13.2. The van der Waals surface area contributed by atoms with Gasteiger partial charge in [0.15, 0.2) is 11.6 Å². The van der Waals surface area contributed by atoms with Crippen LogP contribution in [0.25, 0.3) is 10.9 Å². The van der Waals surface area contributed by atoms with E-state index in [2.05, 4.69) is 0 Å². The SMILES string of the molecule is CCn1c(=O)cc(C(C)C)c2cc(C(=O)N(C)c3ccc(F)c(F)c3)ccc21. The first-order valence-corrected chi connectivity index (χ1v) is 9.15. The molecule has 0 radical (unpaired) electrons. The number of nitrogens with zero attached hydrogens (tertiary/aromatic N) is 2. The summed E-state index contributed by atoms with van der Waals surface area (Å²) < 4.78 is 28.4. The summed E-state index contributed by atoms with van der Waals surface area (Å²) in [5.41, 5.74) is 2.23. The highest BCUT2D eigenvalue weighted by Gasteiger charge is 2.18. The maximum Gasteiger partial charge on any atom is 0.258 e. The lowest BCUT2D eigenvalue weighted by molar-refractivity contribution is 0.0993. The van der Waals surface area contributed by atoms with Crippen molar-refractivity contribution in [3.63, 3.8) is 0 Å². The molecule has 0 saturated carbocycles. The zero-order valence-electron chi connectivity index (χ0n) is 16.3. The molecule has 0 bridgehead atoms. The van der Waals surface area contributed by atoms with Crippen molar-refractivity contribution in [1.29, 1.82) is 0 Å². The van der Waals surface area contributed by atoms with Crippen LogP contribution in [0.2, 0.25) is 0 Å². The van der Waals surface area contributed by atoms with Crippen LogP contribution < -0.4 is 10.5 Å². The minimum atomic E-state index is -1.01. The molecule has 0 N–H and O–H groups in total. The van der Waals surface area contributed by atoms with Crippen LogP contribution in [0.5, 0.6) is 0 Å².